The minimum atomic E-state index is -1.35. The van der Waals surface area contributed by atoms with Crippen molar-refractivity contribution in [2.24, 2.45) is 0 Å². The third-order valence-corrected chi connectivity index (χ3v) is 5.96. The Balaban J connectivity index is 2.03. The number of aliphatic hydroxyl groups excluding tert-OH is 1. The Morgan fingerprint density at radius 1 is 1.26 bits per heavy atom. The van der Waals surface area contributed by atoms with Crippen molar-refractivity contribution in [3.63, 3.8) is 0 Å². The van der Waals surface area contributed by atoms with Crippen LogP contribution in [0.3, 0.4) is 0 Å². The fourth-order valence-corrected chi connectivity index (χ4v) is 4.50. The number of nitro benzene ring substituents is 1. The lowest BCUT2D eigenvalue weighted by Gasteiger charge is -2.46. The molecule has 0 fully saturated rings. The molecular weight excluding hydrogens is 424 g/mol. The minimum absolute atomic E-state index is 0.123. The van der Waals surface area contributed by atoms with Crippen LogP contribution in [0.1, 0.15) is 24.1 Å². The van der Waals surface area contributed by atoms with Crippen LogP contribution in [0.25, 0.3) is 11.1 Å². The van der Waals surface area contributed by atoms with E-state index < -0.39 is 29.0 Å². The monoisotopic (exact) mass is 446 g/mol. The van der Waals surface area contributed by atoms with Gasteiger partial charge in [-0.05, 0) is 49.8 Å². The quantitative estimate of drug-likeness (QED) is 0.272. The van der Waals surface area contributed by atoms with Gasteiger partial charge in [-0.2, -0.15) is 0 Å². The third-order valence-electron chi connectivity index (χ3n) is 5.68. The molecular formula is C21H22N2O7S. The molecule has 0 aliphatic carbocycles. The molecule has 1 aromatic heterocycles. The molecule has 0 saturated heterocycles. The number of oxazole rings is 1. The smallest absolute Gasteiger partial charge is 0.270 e. The predicted octanol–water partition coefficient (Wildman–Crippen LogP) is 3.90. The number of hydrogen-bond donors (Lipinski definition) is 1. The molecule has 2 heterocycles. The number of aliphatic hydroxyl groups is 1. The highest BCUT2D eigenvalue weighted by Crippen LogP contribution is 2.46. The van der Waals surface area contributed by atoms with Crippen LogP contribution in [0, 0.1) is 21.9 Å². The van der Waals surface area contributed by atoms with Crippen molar-refractivity contribution in [1.82, 2.24) is 4.57 Å². The number of rotatable bonds is 5. The Hall–Kier alpha value is -2.79. The SMILES string of the molecule is COC(OC)[C@]1(C)Oc2ccc([N+](=O)[O-])cc2[C@H](n2c(=S)oc3ccc(C)cc32)[C@H]1O. The van der Waals surface area contributed by atoms with Crippen molar-refractivity contribution in [2.45, 2.75) is 37.9 Å². The van der Waals surface area contributed by atoms with E-state index in [4.69, 9.17) is 30.8 Å². The summed E-state index contributed by atoms with van der Waals surface area (Å²) in [4.78, 5) is 11.1. The van der Waals surface area contributed by atoms with E-state index in [0.717, 1.165) is 5.56 Å². The fourth-order valence-electron chi connectivity index (χ4n) is 4.19. The molecule has 1 aliphatic rings. The van der Waals surface area contributed by atoms with Crippen molar-refractivity contribution in [2.75, 3.05) is 14.2 Å². The largest absolute Gasteiger partial charge is 0.479 e. The molecule has 3 aromatic rings. The Bertz CT molecular complexity index is 1220. The number of methoxy groups -OCH3 is 2. The average molecular weight is 446 g/mol. The van der Waals surface area contributed by atoms with Gasteiger partial charge in [0, 0.05) is 31.9 Å². The predicted molar refractivity (Wildman–Crippen MR) is 114 cm³/mol. The number of benzene rings is 2. The number of aryl methyl sites for hydroxylation is 1. The molecule has 0 spiro atoms. The van der Waals surface area contributed by atoms with Crippen molar-refractivity contribution >= 4 is 29.0 Å². The maximum atomic E-state index is 11.6. The van der Waals surface area contributed by atoms with Crippen LogP contribution in [-0.4, -0.2) is 46.8 Å². The zero-order chi connectivity index (χ0) is 22.5. The van der Waals surface area contributed by atoms with E-state index in [1.54, 1.807) is 17.6 Å². The lowest BCUT2D eigenvalue weighted by molar-refractivity contribution is -0.385. The molecule has 3 atom stereocenters. The summed E-state index contributed by atoms with van der Waals surface area (Å²) in [7, 11) is 2.89. The summed E-state index contributed by atoms with van der Waals surface area (Å²) in [6.07, 6.45) is -2.18. The maximum absolute atomic E-state index is 11.6. The first kappa shape index (κ1) is 21.4. The van der Waals surface area contributed by atoms with Gasteiger partial charge in [0.1, 0.15) is 11.9 Å². The van der Waals surface area contributed by atoms with Gasteiger partial charge in [0.05, 0.1) is 16.5 Å². The normalized spacial score (nSPS) is 23.0. The summed E-state index contributed by atoms with van der Waals surface area (Å²) in [5.74, 6) is 0.353. The van der Waals surface area contributed by atoms with E-state index >= 15 is 0 Å². The molecule has 4 rings (SSSR count). The zero-order valence-corrected chi connectivity index (χ0v) is 18.2. The van der Waals surface area contributed by atoms with Crippen LogP contribution in [0.4, 0.5) is 5.69 Å². The van der Waals surface area contributed by atoms with E-state index in [1.165, 1.54) is 32.4 Å². The topological polar surface area (TPSA) is 109 Å². The van der Waals surface area contributed by atoms with E-state index in [9.17, 15) is 15.2 Å². The Morgan fingerprint density at radius 2 is 1.97 bits per heavy atom. The molecule has 2 aromatic carbocycles. The molecule has 164 valence electrons. The van der Waals surface area contributed by atoms with E-state index in [-0.39, 0.29) is 10.5 Å². The van der Waals surface area contributed by atoms with E-state index in [0.29, 0.717) is 22.4 Å². The second kappa shape index (κ2) is 7.72. The molecule has 0 bridgehead atoms. The summed E-state index contributed by atoms with van der Waals surface area (Å²) in [6, 6.07) is 8.95. The van der Waals surface area contributed by atoms with E-state index in [1.807, 2.05) is 19.1 Å². The van der Waals surface area contributed by atoms with Gasteiger partial charge in [0.25, 0.3) is 10.5 Å². The first-order valence-electron chi connectivity index (χ1n) is 9.54. The lowest BCUT2D eigenvalue weighted by Crippen LogP contribution is -2.60. The molecule has 0 radical (unpaired) electrons. The number of aromatic nitrogens is 1. The van der Waals surface area contributed by atoms with E-state index in [2.05, 4.69) is 0 Å². The zero-order valence-electron chi connectivity index (χ0n) is 17.4. The van der Waals surface area contributed by atoms with Gasteiger partial charge in [-0.25, -0.2) is 0 Å². The fraction of sp³-hybridized carbons (Fsp3) is 0.381. The van der Waals surface area contributed by atoms with Crippen LogP contribution in [0.15, 0.2) is 40.8 Å². The molecule has 10 heteroatoms. The van der Waals surface area contributed by atoms with Crippen molar-refractivity contribution < 1.29 is 28.7 Å². The summed E-state index contributed by atoms with van der Waals surface area (Å²) >= 11 is 5.49. The highest BCUT2D eigenvalue weighted by atomic mass is 32.1. The number of nitro groups is 1. The van der Waals surface area contributed by atoms with Gasteiger partial charge in [0.15, 0.2) is 17.5 Å². The van der Waals surface area contributed by atoms with Crippen LogP contribution in [-0.2, 0) is 9.47 Å². The molecule has 0 amide bonds. The molecule has 0 unspecified atom stereocenters. The maximum Gasteiger partial charge on any atom is 0.270 e. The molecule has 31 heavy (non-hydrogen) atoms. The van der Waals surface area contributed by atoms with Crippen molar-refractivity contribution in [1.29, 1.82) is 0 Å². The van der Waals surface area contributed by atoms with Gasteiger partial charge in [-0.3, -0.25) is 14.7 Å². The number of fused-ring (bicyclic) bond motifs is 2. The summed E-state index contributed by atoms with van der Waals surface area (Å²) in [5.41, 5.74) is 1.09. The van der Waals surface area contributed by atoms with Gasteiger partial charge in [0.2, 0.25) is 0 Å². The van der Waals surface area contributed by atoms with Crippen LogP contribution in [0.2, 0.25) is 0 Å². The first-order chi connectivity index (χ1) is 14.7. The molecule has 9 nitrogen and oxygen atoms in total. The number of nitrogens with zero attached hydrogens (tertiary/aromatic N) is 2. The van der Waals surface area contributed by atoms with Crippen molar-refractivity contribution in [3.05, 3.63) is 62.5 Å². The summed E-state index contributed by atoms with van der Waals surface area (Å²) in [5, 5.41) is 23.0. The number of hydrogen-bond acceptors (Lipinski definition) is 8. The molecule has 1 aliphatic heterocycles. The Labute approximate surface area is 182 Å². The van der Waals surface area contributed by atoms with Crippen LogP contribution < -0.4 is 4.74 Å². The Kier molecular flexibility index (Phi) is 5.34. The minimum Gasteiger partial charge on any atom is -0.479 e. The van der Waals surface area contributed by atoms with Gasteiger partial charge >= 0.3 is 0 Å². The molecule has 1 N–H and O–H groups in total. The lowest BCUT2D eigenvalue weighted by atomic mass is 9.84. The van der Waals surface area contributed by atoms with Crippen LogP contribution in [0.5, 0.6) is 5.75 Å². The van der Waals surface area contributed by atoms with Crippen molar-refractivity contribution in [3.8, 4) is 5.75 Å². The molecule has 0 saturated carbocycles. The Morgan fingerprint density at radius 3 is 2.61 bits per heavy atom. The van der Waals surface area contributed by atoms with Gasteiger partial charge in [-0.15, -0.1) is 0 Å². The number of ether oxygens (including phenoxy) is 3. The average Bonchev–Trinajstić information content (AvgIpc) is 3.04. The number of non-ortho nitro benzene ring substituents is 1. The summed E-state index contributed by atoms with van der Waals surface area (Å²) in [6.45, 7) is 3.58. The van der Waals surface area contributed by atoms with Gasteiger partial charge < -0.3 is 23.7 Å². The highest BCUT2D eigenvalue weighted by molar-refractivity contribution is 7.71. The third kappa shape index (κ3) is 3.32. The standard InChI is InChI=1S/C21H22N2O7S/c1-11-5-7-16-14(9-11)22(20(31)29-16)17-13-10-12(23(25)26)6-8-15(13)30-21(2,18(17)24)19(27-3)28-4/h5-10,17-19,24H,1-4H3/t17-,18+,21+/m0/s1. The highest BCUT2D eigenvalue weighted by Gasteiger charge is 2.53. The second-order valence-electron chi connectivity index (χ2n) is 7.67. The first-order valence-corrected chi connectivity index (χ1v) is 9.94. The second-order valence-corrected chi connectivity index (χ2v) is 8.02. The van der Waals surface area contributed by atoms with Gasteiger partial charge in [-0.1, -0.05) is 6.07 Å². The summed E-state index contributed by atoms with van der Waals surface area (Å²) < 4.78 is 24.4. The van der Waals surface area contributed by atoms with Crippen LogP contribution >= 0.6 is 12.2 Å².